The van der Waals surface area contributed by atoms with E-state index in [-0.39, 0.29) is 17.6 Å². The van der Waals surface area contributed by atoms with Crippen LogP contribution in [0.25, 0.3) is 0 Å². The molecule has 0 aromatic heterocycles. The lowest BCUT2D eigenvalue weighted by Gasteiger charge is -2.40. The maximum atomic E-state index is 12.4. The molecule has 2 rings (SSSR count). The largest absolute Gasteiger partial charge is 0.390 e. The SMILES string of the molecule is CC1=CC(=O)[C@]2(C)C[C@@H](O)[C@](O)(C(C)C)[C@H]2CC1. The van der Waals surface area contributed by atoms with Gasteiger partial charge in [-0.3, -0.25) is 4.79 Å². The second-order valence-corrected chi connectivity index (χ2v) is 6.63. The summed E-state index contributed by atoms with van der Waals surface area (Å²) in [6.45, 7) is 7.71. The van der Waals surface area contributed by atoms with Gasteiger partial charge in [0.1, 0.15) is 0 Å². The molecular weight excluding hydrogens is 228 g/mol. The van der Waals surface area contributed by atoms with Crippen LogP contribution < -0.4 is 0 Å². The lowest BCUT2D eigenvalue weighted by Crippen LogP contribution is -2.50. The maximum absolute atomic E-state index is 12.4. The number of aliphatic hydroxyl groups is 2. The number of rotatable bonds is 1. The Bertz CT molecular complexity index is 399. The molecular formula is C15H24O3. The van der Waals surface area contributed by atoms with E-state index in [9.17, 15) is 15.0 Å². The van der Waals surface area contributed by atoms with Crippen molar-refractivity contribution in [3.63, 3.8) is 0 Å². The molecule has 3 heteroatoms. The van der Waals surface area contributed by atoms with Crippen LogP contribution in [0.4, 0.5) is 0 Å². The van der Waals surface area contributed by atoms with Gasteiger partial charge < -0.3 is 10.2 Å². The molecule has 0 amide bonds. The van der Waals surface area contributed by atoms with E-state index < -0.39 is 17.1 Å². The lowest BCUT2D eigenvalue weighted by molar-refractivity contribution is -0.135. The van der Waals surface area contributed by atoms with Crippen LogP contribution in [0.3, 0.4) is 0 Å². The Balaban J connectivity index is 2.47. The monoisotopic (exact) mass is 252 g/mol. The van der Waals surface area contributed by atoms with Gasteiger partial charge in [-0.05, 0) is 38.2 Å². The van der Waals surface area contributed by atoms with Crippen LogP contribution >= 0.6 is 0 Å². The highest BCUT2D eigenvalue weighted by molar-refractivity contribution is 5.96. The average Bonchev–Trinajstić information content (AvgIpc) is 2.39. The summed E-state index contributed by atoms with van der Waals surface area (Å²) < 4.78 is 0. The lowest BCUT2D eigenvalue weighted by atomic mass is 9.68. The van der Waals surface area contributed by atoms with Crippen molar-refractivity contribution in [2.24, 2.45) is 17.3 Å². The van der Waals surface area contributed by atoms with Gasteiger partial charge in [0.2, 0.25) is 0 Å². The summed E-state index contributed by atoms with van der Waals surface area (Å²) in [4.78, 5) is 12.4. The van der Waals surface area contributed by atoms with Gasteiger partial charge in [-0.2, -0.15) is 0 Å². The van der Waals surface area contributed by atoms with Crippen LogP contribution in [0.2, 0.25) is 0 Å². The smallest absolute Gasteiger partial charge is 0.161 e. The normalized spacial score (nSPS) is 44.8. The van der Waals surface area contributed by atoms with E-state index in [4.69, 9.17) is 0 Å². The molecule has 4 atom stereocenters. The summed E-state index contributed by atoms with van der Waals surface area (Å²) in [6.07, 6.45) is 2.88. The molecule has 3 nitrogen and oxygen atoms in total. The van der Waals surface area contributed by atoms with Crippen molar-refractivity contribution in [3.8, 4) is 0 Å². The van der Waals surface area contributed by atoms with E-state index in [0.29, 0.717) is 6.42 Å². The van der Waals surface area contributed by atoms with Crippen molar-refractivity contribution in [2.45, 2.75) is 58.7 Å². The first-order valence-electron chi connectivity index (χ1n) is 6.85. The van der Waals surface area contributed by atoms with Gasteiger partial charge in [0.15, 0.2) is 5.78 Å². The number of allylic oxidation sites excluding steroid dienone is 2. The molecule has 0 spiro atoms. The van der Waals surface area contributed by atoms with E-state index in [0.717, 1.165) is 18.4 Å². The van der Waals surface area contributed by atoms with Gasteiger partial charge in [-0.25, -0.2) is 0 Å². The predicted octanol–water partition coefficient (Wildman–Crippen LogP) is 2.07. The van der Waals surface area contributed by atoms with Gasteiger partial charge in [-0.1, -0.05) is 26.3 Å². The molecule has 1 fully saturated rings. The highest BCUT2D eigenvalue weighted by Crippen LogP contribution is 2.56. The van der Waals surface area contributed by atoms with E-state index in [1.807, 2.05) is 27.7 Å². The maximum Gasteiger partial charge on any atom is 0.161 e. The quantitative estimate of drug-likeness (QED) is 0.751. The highest BCUT2D eigenvalue weighted by Gasteiger charge is 2.62. The Morgan fingerprint density at radius 1 is 1.44 bits per heavy atom. The van der Waals surface area contributed by atoms with E-state index >= 15 is 0 Å². The van der Waals surface area contributed by atoms with E-state index in [1.165, 1.54) is 0 Å². The molecule has 0 aromatic carbocycles. The Morgan fingerprint density at radius 2 is 2.06 bits per heavy atom. The minimum Gasteiger partial charge on any atom is -0.390 e. The van der Waals surface area contributed by atoms with Crippen LogP contribution in [-0.4, -0.2) is 27.7 Å². The van der Waals surface area contributed by atoms with Crippen LogP contribution in [0, 0.1) is 17.3 Å². The zero-order chi connectivity index (χ0) is 13.7. The average molecular weight is 252 g/mol. The van der Waals surface area contributed by atoms with Crippen LogP contribution in [-0.2, 0) is 4.79 Å². The Labute approximate surface area is 109 Å². The second kappa shape index (κ2) is 4.17. The van der Waals surface area contributed by atoms with Gasteiger partial charge in [-0.15, -0.1) is 0 Å². The van der Waals surface area contributed by atoms with E-state index in [2.05, 4.69) is 0 Å². The number of carbonyl (C=O) groups excluding carboxylic acids is 1. The Hall–Kier alpha value is -0.670. The first kappa shape index (κ1) is 13.8. The molecule has 0 heterocycles. The molecule has 0 aliphatic heterocycles. The standard InChI is InChI=1S/C15H24O3/c1-9(2)15(18)11-6-5-10(3)7-12(16)14(11,4)8-13(15)17/h7,9,11,13,17-18H,5-6,8H2,1-4H3/t11-,13+,14+,15-/m0/s1. The highest BCUT2D eigenvalue weighted by atomic mass is 16.3. The van der Waals surface area contributed by atoms with Crippen molar-refractivity contribution in [3.05, 3.63) is 11.6 Å². The van der Waals surface area contributed by atoms with Crippen LogP contribution in [0.1, 0.15) is 47.0 Å². The Kier molecular flexibility index (Phi) is 3.19. The zero-order valence-corrected chi connectivity index (χ0v) is 11.7. The van der Waals surface area contributed by atoms with E-state index in [1.54, 1.807) is 6.08 Å². The predicted molar refractivity (Wildman–Crippen MR) is 70.0 cm³/mol. The number of hydrogen-bond acceptors (Lipinski definition) is 3. The topological polar surface area (TPSA) is 57.5 Å². The molecule has 0 radical (unpaired) electrons. The zero-order valence-electron chi connectivity index (χ0n) is 11.7. The van der Waals surface area contributed by atoms with Crippen molar-refractivity contribution in [1.82, 2.24) is 0 Å². The summed E-state index contributed by atoms with van der Waals surface area (Å²) in [5, 5.41) is 21.2. The fourth-order valence-electron chi connectivity index (χ4n) is 3.89. The molecule has 0 bridgehead atoms. The molecule has 0 saturated heterocycles. The summed E-state index contributed by atoms with van der Waals surface area (Å²) in [5.41, 5.74) is -0.671. The molecule has 18 heavy (non-hydrogen) atoms. The number of carbonyl (C=O) groups is 1. The first-order chi connectivity index (χ1) is 8.22. The fourth-order valence-corrected chi connectivity index (χ4v) is 3.89. The van der Waals surface area contributed by atoms with Crippen molar-refractivity contribution >= 4 is 5.78 Å². The fraction of sp³-hybridized carbons (Fsp3) is 0.800. The van der Waals surface area contributed by atoms with Gasteiger partial charge in [0, 0.05) is 11.3 Å². The summed E-state index contributed by atoms with van der Waals surface area (Å²) in [6, 6.07) is 0. The van der Waals surface area contributed by atoms with Crippen LogP contribution in [0.15, 0.2) is 11.6 Å². The number of hydrogen-bond donors (Lipinski definition) is 2. The van der Waals surface area contributed by atoms with Crippen molar-refractivity contribution in [1.29, 1.82) is 0 Å². The van der Waals surface area contributed by atoms with Gasteiger partial charge >= 0.3 is 0 Å². The minimum absolute atomic E-state index is 0.0504. The third kappa shape index (κ3) is 1.68. The van der Waals surface area contributed by atoms with Gasteiger partial charge in [0.05, 0.1) is 11.7 Å². The van der Waals surface area contributed by atoms with Crippen LogP contribution in [0.5, 0.6) is 0 Å². The summed E-state index contributed by atoms with van der Waals surface area (Å²) >= 11 is 0. The number of fused-ring (bicyclic) bond motifs is 1. The second-order valence-electron chi connectivity index (χ2n) is 6.63. The third-order valence-corrected chi connectivity index (χ3v) is 5.17. The van der Waals surface area contributed by atoms with Gasteiger partial charge in [0.25, 0.3) is 0 Å². The molecule has 2 N–H and O–H groups in total. The molecule has 1 saturated carbocycles. The molecule has 2 aliphatic rings. The number of aliphatic hydroxyl groups excluding tert-OH is 1. The minimum atomic E-state index is -1.14. The molecule has 2 aliphatic carbocycles. The molecule has 0 unspecified atom stereocenters. The number of ketones is 1. The summed E-state index contributed by atoms with van der Waals surface area (Å²) in [5.74, 6) is -0.134. The summed E-state index contributed by atoms with van der Waals surface area (Å²) in [7, 11) is 0. The molecule has 0 aromatic rings. The first-order valence-corrected chi connectivity index (χ1v) is 6.85. The van der Waals surface area contributed by atoms with Crippen molar-refractivity contribution < 1.29 is 15.0 Å². The third-order valence-electron chi connectivity index (χ3n) is 5.17. The molecule has 102 valence electrons. The Morgan fingerprint density at radius 3 is 2.61 bits per heavy atom. The van der Waals surface area contributed by atoms with Crippen molar-refractivity contribution in [2.75, 3.05) is 0 Å².